The third-order valence-corrected chi connectivity index (χ3v) is 2.82. The van der Waals surface area contributed by atoms with Crippen molar-refractivity contribution in [1.82, 2.24) is 9.78 Å². The molecule has 1 aromatic heterocycles. The van der Waals surface area contributed by atoms with Gasteiger partial charge in [-0.15, -0.1) is 0 Å². The zero-order chi connectivity index (χ0) is 15.8. The summed E-state index contributed by atoms with van der Waals surface area (Å²) in [7, 11) is 0. The van der Waals surface area contributed by atoms with Gasteiger partial charge in [0.15, 0.2) is 0 Å². The van der Waals surface area contributed by atoms with Crippen LogP contribution in [0.5, 0.6) is 5.75 Å². The molecule has 1 heterocycles. The van der Waals surface area contributed by atoms with Crippen LogP contribution in [0.1, 0.15) is 13.7 Å². The molecule has 2 rings (SSSR count). The van der Waals surface area contributed by atoms with Crippen LogP contribution in [0.2, 0.25) is 0 Å². The molecule has 84 valence electrons. The fourth-order valence-corrected chi connectivity index (χ4v) is 2.43. The minimum Gasteiger partial charge on any atom is -0.494 e. The minimum atomic E-state index is -2.88. The van der Waals surface area contributed by atoms with Crippen LogP contribution in [0.3, 0.4) is 0 Å². The van der Waals surface area contributed by atoms with Gasteiger partial charge in [0.05, 0.1) is 15.0 Å². The van der Waals surface area contributed by atoms with E-state index in [1.165, 1.54) is 12.1 Å². The summed E-state index contributed by atoms with van der Waals surface area (Å²) >= 11 is 6.58. The molecule has 0 spiro atoms. The predicted molar refractivity (Wildman–Crippen MR) is 70.1 cm³/mol. The molecule has 1 aromatic carbocycles. The number of ether oxygens (including phenoxy) is 1. The predicted octanol–water partition coefficient (Wildman–Crippen LogP) is 3.80. The molecule has 0 aliphatic heterocycles. The van der Waals surface area contributed by atoms with E-state index in [9.17, 15) is 0 Å². The summed E-state index contributed by atoms with van der Waals surface area (Å²) in [4.78, 5) is 0. The zero-order valence-corrected chi connectivity index (χ0v) is 11.1. The monoisotopic (exact) mass is 349 g/mol. The van der Waals surface area contributed by atoms with Gasteiger partial charge in [0.2, 0.25) is 0 Å². The standard InChI is InChI=1S/C11H10Br2N2O/c1-2-16-9-5-3-4-8(6-9)15-11(13)7-10(12)14-15/h3-7H,2H2,1H3/i1D3,2D2. The first-order valence-electron chi connectivity index (χ1n) is 6.81. The van der Waals surface area contributed by atoms with E-state index < -0.39 is 13.4 Å². The van der Waals surface area contributed by atoms with Gasteiger partial charge in [0.1, 0.15) is 15.0 Å². The second-order valence-electron chi connectivity index (χ2n) is 2.90. The number of nitrogens with zero attached hydrogens (tertiary/aromatic N) is 2. The molecule has 0 radical (unpaired) electrons. The smallest absolute Gasteiger partial charge is 0.129 e. The molecule has 5 heteroatoms. The van der Waals surface area contributed by atoms with Crippen LogP contribution in [0.15, 0.2) is 39.5 Å². The Kier molecular flexibility index (Phi) is 2.13. The van der Waals surface area contributed by atoms with Gasteiger partial charge < -0.3 is 4.74 Å². The molecule has 0 saturated carbocycles. The average molecular weight is 351 g/mol. The largest absolute Gasteiger partial charge is 0.494 e. The van der Waals surface area contributed by atoms with E-state index in [0.717, 1.165) is 0 Å². The molecule has 3 nitrogen and oxygen atoms in total. The summed E-state index contributed by atoms with van der Waals surface area (Å²) in [5.74, 6) is 0.104. The topological polar surface area (TPSA) is 27.1 Å². The number of benzene rings is 1. The van der Waals surface area contributed by atoms with Crippen molar-refractivity contribution >= 4 is 31.9 Å². The van der Waals surface area contributed by atoms with Gasteiger partial charge in [0.25, 0.3) is 0 Å². The molecule has 0 fully saturated rings. The van der Waals surface area contributed by atoms with Crippen molar-refractivity contribution in [3.63, 3.8) is 0 Å². The Morgan fingerprint density at radius 1 is 1.50 bits per heavy atom. The van der Waals surface area contributed by atoms with Gasteiger partial charge >= 0.3 is 0 Å². The molecule has 0 aliphatic rings. The maximum Gasteiger partial charge on any atom is 0.129 e. The van der Waals surface area contributed by atoms with Crippen LogP contribution in [-0.4, -0.2) is 16.3 Å². The molecular formula is C11H10Br2N2O. The molecule has 16 heavy (non-hydrogen) atoms. The van der Waals surface area contributed by atoms with Crippen molar-refractivity contribution in [3.05, 3.63) is 39.5 Å². The highest BCUT2D eigenvalue weighted by Crippen LogP contribution is 2.23. The van der Waals surface area contributed by atoms with Crippen LogP contribution in [0.25, 0.3) is 5.69 Å². The lowest BCUT2D eigenvalue weighted by molar-refractivity contribution is 0.340. The van der Waals surface area contributed by atoms with E-state index in [4.69, 9.17) is 11.6 Å². The molecule has 0 atom stereocenters. The van der Waals surface area contributed by atoms with Gasteiger partial charge in [-0.2, -0.15) is 5.10 Å². The third kappa shape index (κ3) is 2.47. The summed E-state index contributed by atoms with van der Waals surface area (Å²) in [5, 5.41) is 4.19. The Labute approximate surface area is 118 Å². The Morgan fingerprint density at radius 2 is 2.38 bits per heavy atom. The van der Waals surface area contributed by atoms with Crippen LogP contribution in [-0.2, 0) is 0 Å². The summed E-state index contributed by atoms with van der Waals surface area (Å²) in [6.45, 7) is -5.65. The normalized spacial score (nSPS) is 16.8. The highest BCUT2D eigenvalue weighted by atomic mass is 79.9. The molecule has 0 aliphatic carbocycles. The van der Waals surface area contributed by atoms with Crippen molar-refractivity contribution in [1.29, 1.82) is 0 Å². The summed E-state index contributed by atoms with van der Waals surface area (Å²) in [6, 6.07) is 8.10. The van der Waals surface area contributed by atoms with E-state index in [-0.39, 0.29) is 5.75 Å². The highest BCUT2D eigenvalue weighted by molar-refractivity contribution is 9.11. The van der Waals surface area contributed by atoms with E-state index in [0.29, 0.717) is 14.9 Å². The average Bonchev–Trinajstić information content (AvgIpc) is 2.67. The SMILES string of the molecule is [2H]C([2H])([2H])C([2H])([2H])Oc1cccc(-n2nc(Br)cc2Br)c1. The molecular weight excluding hydrogens is 336 g/mol. The van der Waals surface area contributed by atoms with Gasteiger partial charge in [-0.25, -0.2) is 4.68 Å². The van der Waals surface area contributed by atoms with Gasteiger partial charge in [0, 0.05) is 16.2 Å². The second kappa shape index (κ2) is 5.01. The number of halogens is 2. The van der Waals surface area contributed by atoms with Crippen molar-refractivity contribution < 1.29 is 11.6 Å². The van der Waals surface area contributed by atoms with Crippen LogP contribution >= 0.6 is 31.9 Å². The summed E-state index contributed by atoms with van der Waals surface area (Å²) in [5.41, 5.74) is 0.603. The Hall–Kier alpha value is -0.810. The first kappa shape index (κ1) is 6.81. The highest BCUT2D eigenvalue weighted by Gasteiger charge is 2.06. The van der Waals surface area contributed by atoms with Crippen molar-refractivity contribution in [2.24, 2.45) is 0 Å². The molecule has 0 saturated heterocycles. The van der Waals surface area contributed by atoms with Crippen molar-refractivity contribution in [2.75, 3.05) is 6.56 Å². The lowest BCUT2D eigenvalue weighted by atomic mass is 10.3. The lowest BCUT2D eigenvalue weighted by Gasteiger charge is -2.06. The minimum absolute atomic E-state index is 0.104. The molecule has 0 amide bonds. The fourth-order valence-electron chi connectivity index (χ4n) is 1.25. The molecule has 0 bridgehead atoms. The summed E-state index contributed by atoms with van der Waals surface area (Å²) < 4.78 is 44.2. The number of rotatable bonds is 3. The first-order chi connectivity index (χ1) is 9.60. The van der Waals surface area contributed by atoms with Crippen molar-refractivity contribution in [2.45, 2.75) is 6.85 Å². The van der Waals surface area contributed by atoms with E-state index in [1.807, 2.05) is 0 Å². The molecule has 0 N–H and O–H groups in total. The van der Waals surface area contributed by atoms with Crippen LogP contribution in [0.4, 0.5) is 0 Å². The second-order valence-corrected chi connectivity index (χ2v) is 4.53. The molecule has 0 unspecified atom stereocenters. The van der Waals surface area contributed by atoms with E-state index >= 15 is 0 Å². The zero-order valence-electron chi connectivity index (χ0n) is 12.9. The number of hydrogen-bond acceptors (Lipinski definition) is 2. The van der Waals surface area contributed by atoms with Gasteiger partial charge in [-0.05, 0) is 50.8 Å². The third-order valence-electron chi connectivity index (χ3n) is 1.87. The van der Waals surface area contributed by atoms with E-state index in [1.54, 1.807) is 22.9 Å². The number of hydrogen-bond donors (Lipinski definition) is 0. The Bertz CT molecular complexity index is 656. The quantitative estimate of drug-likeness (QED) is 0.841. The molecule has 2 aromatic rings. The van der Waals surface area contributed by atoms with E-state index in [2.05, 4.69) is 37.0 Å². The number of aromatic nitrogens is 2. The Morgan fingerprint density at radius 3 is 3.06 bits per heavy atom. The van der Waals surface area contributed by atoms with Crippen LogP contribution < -0.4 is 4.74 Å². The Balaban J connectivity index is 2.33. The summed E-state index contributed by atoms with van der Waals surface area (Å²) in [6.07, 6.45) is 0. The maximum atomic E-state index is 7.48. The van der Waals surface area contributed by atoms with Crippen LogP contribution in [0, 0.1) is 0 Å². The first-order valence-corrected chi connectivity index (χ1v) is 5.89. The van der Waals surface area contributed by atoms with Crippen molar-refractivity contribution in [3.8, 4) is 11.4 Å². The fraction of sp³-hybridized carbons (Fsp3) is 0.182. The maximum absolute atomic E-state index is 7.48. The van der Waals surface area contributed by atoms with Gasteiger partial charge in [-0.1, -0.05) is 6.07 Å². The lowest BCUT2D eigenvalue weighted by Crippen LogP contribution is -1.98. The van der Waals surface area contributed by atoms with Gasteiger partial charge in [-0.3, -0.25) is 0 Å².